The highest BCUT2D eigenvalue weighted by Crippen LogP contribution is 2.11. The second kappa shape index (κ2) is 5.86. The molecular weight excluding hydrogens is 232 g/mol. The summed E-state index contributed by atoms with van der Waals surface area (Å²) in [6.45, 7) is 0. The third-order valence-corrected chi connectivity index (χ3v) is 2.28. The molecule has 3 amide bonds. The van der Waals surface area contributed by atoms with Crippen molar-refractivity contribution in [1.29, 1.82) is 0 Å². The molecular formula is C9H10N2O4S. The smallest absolute Gasteiger partial charge is 0.325 e. The van der Waals surface area contributed by atoms with Gasteiger partial charge in [-0.1, -0.05) is 0 Å². The Morgan fingerprint density at radius 1 is 1.31 bits per heavy atom. The zero-order valence-electron chi connectivity index (χ0n) is 8.23. The highest BCUT2D eigenvalue weighted by atomic mass is 32.1. The quantitative estimate of drug-likeness (QED) is 0.740. The van der Waals surface area contributed by atoms with Crippen LogP contribution in [0.5, 0.6) is 0 Å². The Balaban J connectivity index is 2.29. The van der Waals surface area contributed by atoms with Crippen molar-refractivity contribution in [2.75, 3.05) is 5.32 Å². The van der Waals surface area contributed by atoms with Crippen molar-refractivity contribution < 1.29 is 19.5 Å². The number of hydrogen-bond acceptors (Lipinski definition) is 4. The van der Waals surface area contributed by atoms with Gasteiger partial charge in [0.15, 0.2) is 0 Å². The molecule has 0 aliphatic rings. The first kappa shape index (κ1) is 12.2. The molecule has 1 heterocycles. The number of rotatable bonds is 4. The first-order valence-electron chi connectivity index (χ1n) is 4.43. The maximum absolute atomic E-state index is 11.2. The van der Waals surface area contributed by atoms with E-state index in [0.717, 1.165) is 0 Å². The van der Waals surface area contributed by atoms with Crippen LogP contribution in [-0.2, 0) is 9.59 Å². The molecule has 0 bridgehead atoms. The van der Waals surface area contributed by atoms with Crippen LogP contribution < -0.4 is 10.6 Å². The van der Waals surface area contributed by atoms with Gasteiger partial charge >= 0.3 is 12.0 Å². The highest BCUT2D eigenvalue weighted by molar-refractivity contribution is 7.08. The lowest BCUT2D eigenvalue weighted by Crippen LogP contribution is -2.34. The molecule has 0 unspecified atom stereocenters. The molecule has 0 radical (unpaired) electrons. The highest BCUT2D eigenvalue weighted by Gasteiger charge is 2.09. The van der Waals surface area contributed by atoms with E-state index in [0.29, 0.717) is 5.69 Å². The van der Waals surface area contributed by atoms with Crippen molar-refractivity contribution in [3.05, 3.63) is 16.8 Å². The molecule has 16 heavy (non-hydrogen) atoms. The van der Waals surface area contributed by atoms with E-state index in [4.69, 9.17) is 5.11 Å². The van der Waals surface area contributed by atoms with Crippen LogP contribution in [0.1, 0.15) is 12.8 Å². The van der Waals surface area contributed by atoms with E-state index in [1.165, 1.54) is 11.3 Å². The summed E-state index contributed by atoms with van der Waals surface area (Å²) in [5, 5.41) is 16.3. The summed E-state index contributed by atoms with van der Waals surface area (Å²) in [5.74, 6) is -1.69. The van der Waals surface area contributed by atoms with Crippen molar-refractivity contribution in [2.45, 2.75) is 12.8 Å². The molecule has 0 fully saturated rings. The van der Waals surface area contributed by atoms with E-state index in [-0.39, 0.29) is 12.8 Å². The Hall–Kier alpha value is -1.89. The topological polar surface area (TPSA) is 95.5 Å². The first-order chi connectivity index (χ1) is 7.58. The molecule has 0 aromatic carbocycles. The molecule has 0 spiro atoms. The predicted molar refractivity (Wildman–Crippen MR) is 58.4 cm³/mol. The number of carboxylic acid groups (broad SMARTS) is 1. The van der Waals surface area contributed by atoms with E-state index < -0.39 is 17.9 Å². The third-order valence-electron chi connectivity index (χ3n) is 1.60. The summed E-state index contributed by atoms with van der Waals surface area (Å²) >= 11 is 1.41. The summed E-state index contributed by atoms with van der Waals surface area (Å²) in [5.41, 5.74) is 0.591. The van der Waals surface area contributed by atoms with E-state index in [1.54, 1.807) is 16.8 Å². The van der Waals surface area contributed by atoms with Crippen LogP contribution in [0.2, 0.25) is 0 Å². The lowest BCUT2D eigenvalue weighted by Gasteiger charge is -2.03. The third kappa shape index (κ3) is 4.56. The monoisotopic (exact) mass is 242 g/mol. The van der Waals surface area contributed by atoms with Crippen molar-refractivity contribution >= 4 is 34.9 Å². The van der Waals surface area contributed by atoms with E-state index in [9.17, 15) is 14.4 Å². The molecule has 0 aliphatic heterocycles. The average Bonchev–Trinajstić information content (AvgIpc) is 2.67. The number of urea groups is 1. The Bertz CT molecular complexity index is 388. The second-order valence-electron chi connectivity index (χ2n) is 2.91. The number of carbonyl (C=O) groups excluding carboxylic acids is 2. The van der Waals surface area contributed by atoms with Crippen molar-refractivity contribution in [2.24, 2.45) is 0 Å². The molecule has 86 valence electrons. The lowest BCUT2D eigenvalue weighted by atomic mass is 10.3. The summed E-state index contributed by atoms with van der Waals surface area (Å²) in [6.07, 6.45) is -0.510. The molecule has 7 heteroatoms. The van der Waals surface area contributed by atoms with Gasteiger partial charge in [-0.3, -0.25) is 14.9 Å². The molecule has 0 saturated carbocycles. The zero-order chi connectivity index (χ0) is 12.0. The number of carboxylic acids is 1. The van der Waals surface area contributed by atoms with Crippen LogP contribution in [0.3, 0.4) is 0 Å². The molecule has 3 N–H and O–H groups in total. The second-order valence-corrected chi connectivity index (χ2v) is 3.69. The normalized spacial score (nSPS) is 9.50. The molecule has 0 aliphatic carbocycles. The molecule has 0 atom stereocenters. The maximum Gasteiger partial charge on any atom is 0.325 e. The Morgan fingerprint density at radius 2 is 2.06 bits per heavy atom. The average molecular weight is 242 g/mol. The fourth-order valence-electron chi connectivity index (χ4n) is 0.908. The number of anilines is 1. The number of hydrogen-bond donors (Lipinski definition) is 3. The summed E-state index contributed by atoms with van der Waals surface area (Å²) < 4.78 is 0. The number of aliphatic carboxylic acids is 1. The van der Waals surface area contributed by atoms with Gasteiger partial charge in [-0.15, -0.1) is 0 Å². The molecule has 1 rings (SSSR count). The first-order valence-corrected chi connectivity index (χ1v) is 5.37. The van der Waals surface area contributed by atoms with Gasteiger partial charge in [0.1, 0.15) is 0 Å². The fraction of sp³-hybridized carbons (Fsp3) is 0.222. The number of thiophene rings is 1. The molecule has 6 nitrogen and oxygen atoms in total. The van der Waals surface area contributed by atoms with Crippen LogP contribution in [0, 0.1) is 0 Å². The van der Waals surface area contributed by atoms with Crippen molar-refractivity contribution in [3.63, 3.8) is 0 Å². The predicted octanol–water partition coefficient (Wildman–Crippen LogP) is 1.26. The van der Waals surface area contributed by atoms with Crippen LogP contribution in [0.25, 0.3) is 0 Å². The zero-order valence-corrected chi connectivity index (χ0v) is 9.04. The lowest BCUT2D eigenvalue weighted by molar-refractivity contribution is -0.138. The van der Waals surface area contributed by atoms with Crippen LogP contribution in [0.4, 0.5) is 10.5 Å². The fourth-order valence-corrected chi connectivity index (χ4v) is 1.50. The standard InChI is InChI=1S/C9H10N2O4S/c12-7(1-2-8(13)14)11-9(15)10-6-3-4-16-5-6/h3-5H,1-2H2,(H,13,14)(H2,10,11,12,15). The van der Waals surface area contributed by atoms with E-state index >= 15 is 0 Å². The van der Waals surface area contributed by atoms with Gasteiger partial charge in [-0.25, -0.2) is 4.79 Å². The van der Waals surface area contributed by atoms with Crippen LogP contribution in [0.15, 0.2) is 16.8 Å². The number of nitrogens with one attached hydrogen (secondary N) is 2. The van der Waals surface area contributed by atoms with Gasteiger partial charge in [-0.2, -0.15) is 11.3 Å². The van der Waals surface area contributed by atoms with E-state index in [1.807, 2.05) is 5.32 Å². The minimum absolute atomic E-state index is 0.216. The molecule has 1 aromatic heterocycles. The van der Waals surface area contributed by atoms with Crippen LogP contribution >= 0.6 is 11.3 Å². The maximum atomic E-state index is 11.2. The minimum atomic E-state index is -1.08. The van der Waals surface area contributed by atoms with Crippen molar-refractivity contribution in [1.82, 2.24) is 5.32 Å². The number of imide groups is 1. The van der Waals surface area contributed by atoms with Gasteiger partial charge in [0.05, 0.1) is 12.1 Å². The summed E-state index contributed by atoms with van der Waals surface area (Å²) in [6, 6.07) is 1.03. The van der Waals surface area contributed by atoms with Gasteiger partial charge < -0.3 is 10.4 Å². The van der Waals surface area contributed by atoms with Gasteiger partial charge in [0.25, 0.3) is 0 Å². The largest absolute Gasteiger partial charge is 0.481 e. The number of amides is 3. The van der Waals surface area contributed by atoms with Crippen LogP contribution in [-0.4, -0.2) is 23.0 Å². The van der Waals surface area contributed by atoms with Gasteiger partial charge in [-0.05, 0) is 11.4 Å². The summed E-state index contributed by atoms with van der Waals surface area (Å²) in [4.78, 5) is 32.4. The number of carbonyl (C=O) groups is 3. The minimum Gasteiger partial charge on any atom is -0.481 e. The van der Waals surface area contributed by atoms with Gasteiger partial charge in [0.2, 0.25) is 5.91 Å². The van der Waals surface area contributed by atoms with E-state index in [2.05, 4.69) is 5.32 Å². The molecule has 0 saturated heterocycles. The molecule has 1 aromatic rings. The Kier molecular flexibility index (Phi) is 4.46. The summed E-state index contributed by atoms with van der Waals surface area (Å²) in [7, 11) is 0. The SMILES string of the molecule is O=C(O)CCC(=O)NC(=O)Nc1ccsc1. The Morgan fingerprint density at radius 3 is 2.62 bits per heavy atom. The van der Waals surface area contributed by atoms with Gasteiger partial charge in [0, 0.05) is 11.8 Å². The Labute approximate surface area is 95.3 Å². The van der Waals surface area contributed by atoms with Crippen molar-refractivity contribution in [3.8, 4) is 0 Å².